The van der Waals surface area contributed by atoms with Crippen molar-refractivity contribution in [2.45, 2.75) is 32.2 Å². The molecule has 22 heavy (non-hydrogen) atoms. The number of nitrogens with two attached hydrogens (primary N) is 1. The van der Waals surface area contributed by atoms with Gasteiger partial charge in [0.05, 0.1) is 6.04 Å². The highest BCUT2D eigenvalue weighted by Crippen LogP contribution is 2.28. The van der Waals surface area contributed by atoms with Crippen LogP contribution in [0.15, 0.2) is 0 Å². The van der Waals surface area contributed by atoms with Crippen LogP contribution in [0.25, 0.3) is 0 Å². The molecule has 0 aromatic heterocycles. The number of nitrogens with zero attached hydrogens (tertiary/aromatic N) is 2. The molecule has 1 aliphatic carbocycles. The summed E-state index contributed by atoms with van der Waals surface area (Å²) in [6.45, 7) is 6.55. The Labute approximate surface area is 145 Å². The van der Waals surface area contributed by atoms with Crippen LogP contribution < -0.4 is 11.1 Å². The molecule has 0 spiro atoms. The molecule has 2 rings (SSSR count). The fourth-order valence-corrected chi connectivity index (χ4v) is 2.60. The van der Waals surface area contributed by atoms with Gasteiger partial charge in [-0.05, 0) is 19.8 Å². The van der Waals surface area contributed by atoms with Gasteiger partial charge in [0.15, 0.2) is 0 Å². The van der Waals surface area contributed by atoms with Crippen molar-refractivity contribution in [2.75, 3.05) is 39.3 Å². The number of halogens is 2. The fraction of sp³-hybridized carbons (Fsp3) is 0.857. The lowest BCUT2D eigenvalue weighted by Gasteiger charge is -2.38. The number of rotatable bonds is 5. The molecule has 3 N–H and O–H groups in total. The monoisotopic (exact) mass is 354 g/mol. The third kappa shape index (κ3) is 5.91. The summed E-state index contributed by atoms with van der Waals surface area (Å²) in [6.07, 6.45) is 3.35. The molecule has 1 aliphatic heterocycles. The molecule has 6 nitrogen and oxygen atoms in total. The Kier molecular flexibility index (Phi) is 10.00. The van der Waals surface area contributed by atoms with Gasteiger partial charge in [0.1, 0.15) is 0 Å². The number of carbonyl (C=O) groups is 2. The zero-order chi connectivity index (χ0) is 14.5. The Bertz CT molecular complexity index is 357. The van der Waals surface area contributed by atoms with Crippen molar-refractivity contribution in [3.8, 4) is 0 Å². The largest absolute Gasteiger partial charge is 0.353 e. The third-order valence-corrected chi connectivity index (χ3v) is 4.28. The number of amides is 2. The molecule has 1 saturated carbocycles. The smallest absolute Gasteiger partial charge is 0.236 e. The Hall–Kier alpha value is -0.560. The number of carbonyl (C=O) groups excluding carboxylic acids is 2. The third-order valence-electron chi connectivity index (χ3n) is 4.28. The van der Waals surface area contributed by atoms with E-state index in [2.05, 4.69) is 10.2 Å². The SMILES string of the molecule is C[C@@H](N)C(=O)NCCN1CCN(C(=O)C2CCC2)CC1.Cl.Cl. The van der Waals surface area contributed by atoms with Crippen LogP contribution in [0.3, 0.4) is 0 Å². The van der Waals surface area contributed by atoms with Gasteiger partial charge in [0, 0.05) is 45.2 Å². The number of piperazine rings is 1. The molecule has 130 valence electrons. The van der Waals surface area contributed by atoms with Crippen LogP contribution in [0, 0.1) is 5.92 Å². The molecular formula is C14H28Cl2N4O2. The molecule has 2 amide bonds. The van der Waals surface area contributed by atoms with Crippen molar-refractivity contribution in [1.82, 2.24) is 15.1 Å². The second kappa shape index (κ2) is 10.3. The molecule has 8 heteroatoms. The van der Waals surface area contributed by atoms with Gasteiger partial charge in [-0.2, -0.15) is 0 Å². The Balaban J connectivity index is 0.00000220. The van der Waals surface area contributed by atoms with E-state index < -0.39 is 6.04 Å². The van der Waals surface area contributed by atoms with Crippen molar-refractivity contribution < 1.29 is 9.59 Å². The Morgan fingerprint density at radius 3 is 2.23 bits per heavy atom. The van der Waals surface area contributed by atoms with Crippen LogP contribution in [-0.2, 0) is 9.59 Å². The first kappa shape index (κ1) is 21.4. The summed E-state index contributed by atoms with van der Waals surface area (Å²) >= 11 is 0. The first-order chi connectivity index (χ1) is 9.58. The van der Waals surface area contributed by atoms with E-state index in [1.54, 1.807) is 6.92 Å². The number of hydrogen-bond donors (Lipinski definition) is 2. The van der Waals surface area contributed by atoms with E-state index in [-0.39, 0.29) is 30.7 Å². The quantitative estimate of drug-likeness (QED) is 0.741. The van der Waals surface area contributed by atoms with Crippen molar-refractivity contribution in [3.05, 3.63) is 0 Å². The molecule has 0 radical (unpaired) electrons. The number of hydrogen-bond acceptors (Lipinski definition) is 4. The molecule has 0 aromatic rings. The highest BCUT2D eigenvalue weighted by Gasteiger charge is 2.30. The van der Waals surface area contributed by atoms with Gasteiger partial charge in [-0.3, -0.25) is 14.5 Å². The Morgan fingerprint density at radius 1 is 1.18 bits per heavy atom. The first-order valence-corrected chi connectivity index (χ1v) is 7.62. The highest BCUT2D eigenvalue weighted by molar-refractivity contribution is 5.85. The zero-order valence-corrected chi connectivity index (χ0v) is 14.8. The van der Waals surface area contributed by atoms with Gasteiger partial charge in [-0.15, -0.1) is 24.8 Å². The minimum Gasteiger partial charge on any atom is -0.353 e. The van der Waals surface area contributed by atoms with E-state index in [1.807, 2.05) is 4.90 Å². The molecule has 2 aliphatic rings. The maximum Gasteiger partial charge on any atom is 0.236 e. The summed E-state index contributed by atoms with van der Waals surface area (Å²) in [5.74, 6) is 0.539. The van der Waals surface area contributed by atoms with E-state index in [0.717, 1.165) is 45.6 Å². The molecule has 1 atom stereocenters. The summed E-state index contributed by atoms with van der Waals surface area (Å²) in [7, 11) is 0. The summed E-state index contributed by atoms with van der Waals surface area (Å²) in [5.41, 5.74) is 5.48. The summed E-state index contributed by atoms with van der Waals surface area (Å²) in [6, 6.07) is -0.452. The second-order valence-electron chi connectivity index (χ2n) is 5.87. The number of nitrogens with one attached hydrogen (secondary N) is 1. The van der Waals surface area contributed by atoms with Crippen LogP contribution in [0.1, 0.15) is 26.2 Å². The van der Waals surface area contributed by atoms with Gasteiger partial charge in [0.25, 0.3) is 0 Å². The van der Waals surface area contributed by atoms with E-state index in [9.17, 15) is 9.59 Å². The maximum absolute atomic E-state index is 12.1. The standard InChI is InChI=1S/C14H26N4O2.2ClH/c1-11(15)13(19)16-5-6-17-7-9-18(10-8-17)14(20)12-3-2-4-12;;/h11-12H,2-10,15H2,1H3,(H,16,19);2*1H/t11-;;/m1../s1. The van der Waals surface area contributed by atoms with Gasteiger partial charge in [0.2, 0.25) is 11.8 Å². The van der Waals surface area contributed by atoms with E-state index >= 15 is 0 Å². The molecule has 0 bridgehead atoms. The average molecular weight is 355 g/mol. The lowest BCUT2D eigenvalue weighted by Crippen LogP contribution is -2.52. The molecule has 1 saturated heterocycles. The minimum atomic E-state index is -0.452. The normalized spacial score (nSPS) is 20.2. The van der Waals surface area contributed by atoms with Crippen molar-refractivity contribution >= 4 is 36.6 Å². The predicted molar refractivity (Wildman–Crippen MR) is 91.5 cm³/mol. The van der Waals surface area contributed by atoms with Gasteiger partial charge < -0.3 is 16.0 Å². The minimum absolute atomic E-state index is 0. The van der Waals surface area contributed by atoms with E-state index in [0.29, 0.717) is 18.4 Å². The lowest BCUT2D eigenvalue weighted by molar-refractivity contribution is -0.139. The average Bonchev–Trinajstić information content (AvgIpc) is 2.37. The molecule has 0 aromatic carbocycles. The van der Waals surface area contributed by atoms with Gasteiger partial charge in [-0.25, -0.2) is 0 Å². The predicted octanol–water partition coefficient (Wildman–Crippen LogP) is 0.238. The summed E-state index contributed by atoms with van der Waals surface area (Å²) < 4.78 is 0. The summed E-state index contributed by atoms with van der Waals surface area (Å²) in [4.78, 5) is 27.7. The van der Waals surface area contributed by atoms with Crippen molar-refractivity contribution in [2.24, 2.45) is 11.7 Å². The van der Waals surface area contributed by atoms with Crippen molar-refractivity contribution in [1.29, 1.82) is 0 Å². The Morgan fingerprint density at radius 2 is 1.77 bits per heavy atom. The molecular weight excluding hydrogens is 327 g/mol. The van der Waals surface area contributed by atoms with Crippen LogP contribution in [0.4, 0.5) is 0 Å². The topological polar surface area (TPSA) is 78.7 Å². The van der Waals surface area contributed by atoms with E-state index in [4.69, 9.17) is 5.73 Å². The molecule has 1 heterocycles. The zero-order valence-electron chi connectivity index (χ0n) is 13.1. The van der Waals surface area contributed by atoms with Gasteiger partial charge in [-0.1, -0.05) is 6.42 Å². The fourth-order valence-electron chi connectivity index (χ4n) is 2.60. The first-order valence-electron chi connectivity index (χ1n) is 7.62. The second-order valence-corrected chi connectivity index (χ2v) is 5.87. The van der Waals surface area contributed by atoms with Crippen molar-refractivity contribution in [3.63, 3.8) is 0 Å². The highest BCUT2D eigenvalue weighted by atomic mass is 35.5. The van der Waals surface area contributed by atoms with E-state index in [1.165, 1.54) is 6.42 Å². The van der Waals surface area contributed by atoms with Crippen LogP contribution >= 0.6 is 24.8 Å². The lowest BCUT2D eigenvalue weighted by atomic mass is 9.84. The van der Waals surface area contributed by atoms with Crippen LogP contribution in [0.5, 0.6) is 0 Å². The van der Waals surface area contributed by atoms with Crippen LogP contribution in [0.2, 0.25) is 0 Å². The molecule has 2 fully saturated rings. The van der Waals surface area contributed by atoms with Crippen LogP contribution in [-0.4, -0.2) is 66.9 Å². The maximum atomic E-state index is 12.1. The summed E-state index contributed by atoms with van der Waals surface area (Å²) in [5, 5.41) is 2.81. The van der Waals surface area contributed by atoms with Gasteiger partial charge >= 0.3 is 0 Å². The molecule has 0 unspecified atom stereocenters.